The highest BCUT2D eigenvalue weighted by molar-refractivity contribution is 5.86. The van der Waals surface area contributed by atoms with E-state index in [0.29, 0.717) is 19.2 Å². The molecule has 1 aromatic rings. The third-order valence-electron chi connectivity index (χ3n) is 6.08. The lowest BCUT2D eigenvalue weighted by atomic mass is 9.82. The third kappa shape index (κ3) is 5.93. The van der Waals surface area contributed by atoms with Crippen LogP contribution in [0.1, 0.15) is 50.5 Å². The van der Waals surface area contributed by atoms with Crippen LogP contribution >= 0.6 is 0 Å². The van der Waals surface area contributed by atoms with Crippen LogP contribution in [0, 0.1) is 0 Å². The Morgan fingerprint density at radius 3 is 2.79 bits per heavy atom. The van der Waals surface area contributed by atoms with Gasteiger partial charge in [-0.1, -0.05) is 31.4 Å². The van der Waals surface area contributed by atoms with E-state index in [9.17, 15) is 4.79 Å². The third-order valence-corrected chi connectivity index (χ3v) is 6.08. The zero-order valence-electron chi connectivity index (χ0n) is 17.1. The first-order valence-corrected chi connectivity index (χ1v) is 10.6. The first kappa shape index (κ1) is 21.1. The van der Waals surface area contributed by atoms with Gasteiger partial charge in [0.15, 0.2) is 0 Å². The van der Waals surface area contributed by atoms with Gasteiger partial charge in [-0.05, 0) is 50.4 Å². The Balaban J connectivity index is 1.42. The Bertz CT molecular complexity index is 625. The highest BCUT2D eigenvalue weighted by Gasteiger charge is 2.34. The van der Waals surface area contributed by atoms with E-state index in [0.717, 1.165) is 69.6 Å². The Labute approximate surface area is 168 Å². The highest BCUT2D eigenvalue weighted by atomic mass is 16.5. The summed E-state index contributed by atoms with van der Waals surface area (Å²) in [5.41, 5.74) is 6.64. The molecule has 0 radical (unpaired) electrons. The predicted molar refractivity (Wildman–Crippen MR) is 110 cm³/mol. The molecular formula is C22H35N3O3. The zero-order valence-corrected chi connectivity index (χ0v) is 17.1. The smallest absolute Gasteiger partial charge is 0.240 e. The number of likely N-dealkylation sites (N-methyl/N-ethyl adjacent to an activating group) is 1. The average Bonchev–Trinajstić information content (AvgIpc) is 2.73. The molecule has 1 aromatic carbocycles. The number of rotatable bonds is 8. The first-order chi connectivity index (χ1) is 13.6. The molecule has 1 heterocycles. The molecule has 3 N–H and O–H groups in total. The number of nitrogens with one attached hydrogen (secondary N) is 1. The normalized spacial score (nSPS) is 20.1. The monoisotopic (exact) mass is 389 g/mol. The van der Waals surface area contributed by atoms with Crippen LogP contribution in [-0.4, -0.2) is 55.8 Å². The van der Waals surface area contributed by atoms with Crippen LogP contribution in [0.4, 0.5) is 0 Å². The van der Waals surface area contributed by atoms with Gasteiger partial charge in [0.25, 0.3) is 0 Å². The fourth-order valence-electron chi connectivity index (χ4n) is 4.13. The summed E-state index contributed by atoms with van der Waals surface area (Å²) in [7, 11) is 2.15. The molecule has 1 aliphatic heterocycles. The van der Waals surface area contributed by atoms with Crippen LogP contribution in [0.5, 0.6) is 5.75 Å². The summed E-state index contributed by atoms with van der Waals surface area (Å²) in [4.78, 5) is 14.9. The van der Waals surface area contributed by atoms with Gasteiger partial charge >= 0.3 is 0 Å². The Morgan fingerprint density at radius 1 is 1.29 bits per heavy atom. The lowest BCUT2D eigenvalue weighted by Crippen LogP contribution is -2.54. The number of nitrogens with zero attached hydrogens (tertiary/aromatic N) is 1. The summed E-state index contributed by atoms with van der Waals surface area (Å²) in [6, 6.07) is 8.52. The summed E-state index contributed by atoms with van der Waals surface area (Å²) in [5, 5.41) is 3.01. The Kier molecular flexibility index (Phi) is 7.71. The largest absolute Gasteiger partial charge is 0.492 e. The summed E-state index contributed by atoms with van der Waals surface area (Å²) in [6.07, 6.45) is 6.99. The van der Waals surface area contributed by atoms with E-state index in [4.69, 9.17) is 15.2 Å². The molecular weight excluding hydrogens is 354 g/mol. The molecule has 1 amide bonds. The molecule has 0 unspecified atom stereocenters. The lowest BCUT2D eigenvalue weighted by Gasteiger charge is -2.31. The molecule has 3 rings (SSSR count). The molecule has 1 saturated heterocycles. The van der Waals surface area contributed by atoms with E-state index < -0.39 is 5.54 Å². The van der Waals surface area contributed by atoms with Crippen molar-refractivity contribution in [2.24, 2.45) is 5.73 Å². The molecule has 0 spiro atoms. The number of benzene rings is 1. The standard InChI is InChI=1S/C22H35N3O3/c1-25(19-8-13-27-14-9-19)12-15-28-20-7-5-6-18(16-20)17-24-21(26)22(23)10-3-2-4-11-22/h5-7,16,19H,2-4,8-15,17,23H2,1H3,(H,24,26). The molecule has 2 fully saturated rings. The maximum Gasteiger partial charge on any atom is 0.240 e. The van der Waals surface area contributed by atoms with Crippen molar-refractivity contribution in [1.82, 2.24) is 10.2 Å². The second-order valence-electron chi connectivity index (χ2n) is 8.22. The number of carbonyl (C=O) groups is 1. The molecule has 28 heavy (non-hydrogen) atoms. The first-order valence-electron chi connectivity index (χ1n) is 10.6. The number of ether oxygens (including phenoxy) is 2. The molecule has 156 valence electrons. The van der Waals surface area contributed by atoms with Crippen molar-refractivity contribution in [2.45, 2.75) is 63.1 Å². The van der Waals surface area contributed by atoms with Gasteiger partial charge in [-0.25, -0.2) is 0 Å². The van der Waals surface area contributed by atoms with Crippen molar-refractivity contribution in [3.8, 4) is 5.75 Å². The lowest BCUT2D eigenvalue weighted by molar-refractivity contribution is -0.127. The van der Waals surface area contributed by atoms with Crippen LogP contribution in [-0.2, 0) is 16.1 Å². The Morgan fingerprint density at radius 2 is 2.04 bits per heavy atom. The second-order valence-corrected chi connectivity index (χ2v) is 8.22. The van der Waals surface area contributed by atoms with Gasteiger partial charge < -0.3 is 20.5 Å². The van der Waals surface area contributed by atoms with E-state index in [1.807, 2.05) is 24.3 Å². The van der Waals surface area contributed by atoms with E-state index in [1.54, 1.807) is 0 Å². The van der Waals surface area contributed by atoms with Gasteiger partial charge in [0.05, 0.1) is 5.54 Å². The van der Waals surface area contributed by atoms with Gasteiger partial charge in [0.1, 0.15) is 12.4 Å². The molecule has 0 bridgehead atoms. The van der Waals surface area contributed by atoms with Gasteiger partial charge in [0, 0.05) is 32.3 Å². The highest BCUT2D eigenvalue weighted by Crippen LogP contribution is 2.26. The number of amides is 1. The molecule has 6 heteroatoms. The molecule has 0 aromatic heterocycles. The van der Waals surface area contributed by atoms with Gasteiger partial charge in [0.2, 0.25) is 5.91 Å². The minimum atomic E-state index is -0.693. The van der Waals surface area contributed by atoms with Gasteiger partial charge in [-0.3, -0.25) is 9.69 Å². The number of carbonyl (C=O) groups excluding carboxylic acids is 1. The van der Waals surface area contributed by atoms with Crippen LogP contribution in [0.15, 0.2) is 24.3 Å². The number of nitrogens with two attached hydrogens (primary N) is 1. The van der Waals surface area contributed by atoms with E-state index >= 15 is 0 Å². The van der Waals surface area contributed by atoms with E-state index in [2.05, 4.69) is 17.3 Å². The van der Waals surface area contributed by atoms with E-state index in [-0.39, 0.29) is 5.91 Å². The fourth-order valence-corrected chi connectivity index (χ4v) is 4.13. The van der Waals surface area contributed by atoms with Crippen molar-refractivity contribution >= 4 is 5.91 Å². The Hall–Kier alpha value is -1.63. The molecule has 1 saturated carbocycles. The van der Waals surface area contributed by atoms with Crippen LogP contribution in [0.25, 0.3) is 0 Å². The van der Waals surface area contributed by atoms with Crippen molar-refractivity contribution in [2.75, 3.05) is 33.4 Å². The topological polar surface area (TPSA) is 76.8 Å². The van der Waals surface area contributed by atoms with Crippen molar-refractivity contribution in [3.05, 3.63) is 29.8 Å². The fraction of sp³-hybridized carbons (Fsp3) is 0.682. The maximum atomic E-state index is 12.5. The van der Waals surface area contributed by atoms with Gasteiger partial charge in [-0.15, -0.1) is 0 Å². The average molecular weight is 390 g/mol. The SMILES string of the molecule is CN(CCOc1cccc(CNC(=O)C2(N)CCCCC2)c1)C1CCOCC1. The number of hydrogen-bond donors (Lipinski definition) is 2. The van der Waals surface area contributed by atoms with Crippen LogP contribution in [0.3, 0.4) is 0 Å². The summed E-state index contributed by atoms with van der Waals surface area (Å²) in [6.45, 7) is 3.73. The maximum absolute atomic E-state index is 12.5. The van der Waals surface area contributed by atoms with Crippen molar-refractivity contribution in [3.63, 3.8) is 0 Å². The van der Waals surface area contributed by atoms with Crippen molar-refractivity contribution < 1.29 is 14.3 Å². The second kappa shape index (κ2) is 10.2. The molecule has 2 aliphatic rings. The van der Waals surface area contributed by atoms with Gasteiger partial charge in [-0.2, -0.15) is 0 Å². The molecule has 1 aliphatic carbocycles. The minimum Gasteiger partial charge on any atom is -0.492 e. The van der Waals surface area contributed by atoms with Crippen molar-refractivity contribution in [1.29, 1.82) is 0 Å². The minimum absolute atomic E-state index is 0.0309. The quantitative estimate of drug-likeness (QED) is 0.714. The summed E-state index contributed by atoms with van der Waals surface area (Å²) in [5.74, 6) is 0.809. The number of hydrogen-bond acceptors (Lipinski definition) is 5. The summed E-state index contributed by atoms with van der Waals surface area (Å²) >= 11 is 0. The van der Waals surface area contributed by atoms with Crippen LogP contribution in [0.2, 0.25) is 0 Å². The van der Waals surface area contributed by atoms with Crippen LogP contribution < -0.4 is 15.8 Å². The van der Waals surface area contributed by atoms with E-state index in [1.165, 1.54) is 6.42 Å². The zero-order chi connectivity index (χ0) is 19.8. The summed E-state index contributed by atoms with van der Waals surface area (Å²) < 4.78 is 11.4. The predicted octanol–water partition coefficient (Wildman–Crippen LogP) is 2.45. The molecule has 6 nitrogen and oxygen atoms in total. The molecule has 0 atom stereocenters.